The maximum absolute atomic E-state index is 12.1. The number of aliphatic hydroxyl groups excluding tert-OH is 1. The first-order chi connectivity index (χ1) is 12.6. The second-order valence-electron chi connectivity index (χ2n) is 6.46. The van der Waals surface area contributed by atoms with E-state index in [-0.39, 0.29) is 13.2 Å². The van der Waals surface area contributed by atoms with Gasteiger partial charge in [-0.2, -0.15) is 0 Å². The van der Waals surface area contributed by atoms with Crippen molar-refractivity contribution in [2.24, 2.45) is 0 Å². The molecule has 6 nitrogen and oxygen atoms in total. The molecule has 140 valence electrons. The van der Waals surface area contributed by atoms with Crippen molar-refractivity contribution in [3.8, 4) is 17.1 Å². The number of nitrogens with one attached hydrogen (secondary N) is 1. The lowest BCUT2D eigenvalue weighted by atomic mass is 9.87. The Hall–Kier alpha value is -1.80. The van der Waals surface area contributed by atoms with Crippen LogP contribution in [0, 0.1) is 6.92 Å². The SMILES string of the molecule is Cc1cc(C2(S(=O)O)CCNCC2)ccc1-c1cccc(OCCO)n1. The Kier molecular flexibility index (Phi) is 6.03. The van der Waals surface area contributed by atoms with Crippen LogP contribution in [0.2, 0.25) is 0 Å². The number of hydrogen-bond donors (Lipinski definition) is 3. The number of aliphatic hydroxyl groups is 1. The first-order valence-electron chi connectivity index (χ1n) is 8.71. The van der Waals surface area contributed by atoms with E-state index in [0.29, 0.717) is 18.7 Å². The van der Waals surface area contributed by atoms with E-state index in [1.54, 1.807) is 6.07 Å². The summed E-state index contributed by atoms with van der Waals surface area (Å²) in [5.74, 6) is 0.464. The van der Waals surface area contributed by atoms with Gasteiger partial charge in [0.2, 0.25) is 5.88 Å². The highest BCUT2D eigenvalue weighted by molar-refractivity contribution is 7.80. The topological polar surface area (TPSA) is 91.7 Å². The minimum Gasteiger partial charge on any atom is -0.475 e. The van der Waals surface area contributed by atoms with Crippen molar-refractivity contribution in [2.45, 2.75) is 24.5 Å². The molecule has 0 saturated carbocycles. The number of nitrogens with zero attached hydrogens (tertiary/aromatic N) is 1. The van der Waals surface area contributed by atoms with Crippen molar-refractivity contribution in [2.75, 3.05) is 26.3 Å². The summed E-state index contributed by atoms with van der Waals surface area (Å²) in [6.45, 7) is 3.59. The molecule has 3 rings (SSSR count). The van der Waals surface area contributed by atoms with Gasteiger partial charge in [0.1, 0.15) is 6.61 Å². The van der Waals surface area contributed by atoms with Crippen molar-refractivity contribution in [1.82, 2.24) is 10.3 Å². The normalized spacial score (nSPS) is 17.7. The van der Waals surface area contributed by atoms with E-state index < -0.39 is 15.8 Å². The number of benzene rings is 1. The van der Waals surface area contributed by atoms with Crippen LogP contribution < -0.4 is 10.1 Å². The molecule has 0 aliphatic carbocycles. The van der Waals surface area contributed by atoms with Crippen molar-refractivity contribution >= 4 is 11.1 Å². The van der Waals surface area contributed by atoms with Gasteiger partial charge in [0.05, 0.1) is 17.0 Å². The van der Waals surface area contributed by atoms with Crippen LogP contribution in [0.4, 0.5) is 0 Å². The minimum atomic E-state index is -1.93. The second-order valence-corrected chi connectivity index (χ2v) is 7.74. The molecule has 3 N–H and O–H groups in total. The summed E-state index contributed by atoms with van der Waals surface area (Å²) >= 11 is -1.93. The highest BCUT2D eigenvalue weighted by Crippen LogP contribution is 2.38. The Balaban J connectivity index is 1.94. The highest BCUT2D eigenvalue weighted by atomic mass is 32.2. The number of rotatable bonds is 6. The van der Waals surface area contributed by atoms with E-state index in [2.05, 4.69) is 10.3 Å². The number of pyridine rings is 1. The van der Waals surface area contributed by atoms with Gasteiger partial charge in [-0.15, -0.1) is 0 Å². The van der Waals surface area contributed by atoms with E-state index in [9.17, 15) is 8.76 Å². The summed E-state index contributed by atoms with van der Waals surface area (Å²) < 4.78 is 26.8. The molecule has 0 amide bonds. The smallest absolute Gasteiger partial charge is 0.213 e. The number of aryl methyl sites for hydroxylation is 1. The van der Waals surface area contributed by atoms with Crippen LogP contribution in [0.3, 0.4) is 0 Å². The van der Waals surface area contributed by atoms with E-state index in [1.165, 1.54) is 0 Å². The Morgan fingerprint density at radius 2 is 2.04 bits per heavy atom. The molecule has 2 heterocycles. The van der Waals surface area contributed by atoms with Gasteiger partial charge in [0.15, 0.2) is 11.1 Å². The van der Waals surface area contributed by atoms with Crippen LogP contribution in [-0.2, 0) is 15.8 Å². The maximum atomic E-state index is 12.1. The molecule has 0 bridgehead atoms. The molecular formula is C19H24N2O4S. The minimum absolute atomic E-state index is 0.0606. The maximum Gasteiger partial charge on any atom is 0.213 e. The first-order valence-corrected chi connectivity index (χ1v) is 9.81. The molecule has 7 heteroatoms. The van der Waals surface area contributed by atoms with Crippen LogP contribution in [0.25, 0.3) is 11.3 Å². The summed E-state index contributed by atoms with van der Waals surface area (Å²) in [7, 11) is 0. The van der Waals surface area contributed by atoms with Crippen LogP contribution >= 0.6 is 0 Å². The fourth-order valence-electron chi connectivity index (χ4n) is 3.42. The lowest BCUT2D eigenvalue weighted by Gasteiger charge is -2.35. The zero-order valence-corrected chi connectivity index (χ0v) is 15.6. The molecule has 0 radical (unpaired) electrons. The molecule has 2 aromatic rings. The molecule has 26 heavy (non-hydrogen) atoms. The van der Waals surface area contributed by atoms with Crippen LogP contribution in [0.1, 0.15) is 24.0 Å². The third kappa shape index (κ3) is 3.81. The monoisotopic (exact) mass is 376 g/mol. The van der Waals surface area contributed by atoms with Gasteiger partial charge < -0.3 is 19.7 Å². The molecular weight excluding hydrogens is 352 g/mol. The van der Waals surface area contributed by atoms with Gasteiger partial charge in [0, 0.05) is 11.6 Å². The Morgan fingerprint density at radius 1 is 1.27 bits per heavy atom. The number of hydrogen-bond acceptors (Lipinski definition) is 5. The van der Waals surface area contributed by atoms with Gasteiger partial charge in [-0.05, 0) is 50.0 Å². The predicted octanol–water partition coefficient (Wildman–Crippen LogP) is 2.23. The van der Waals surface area contributed by atoms with Crippen LogP contribution in [0.5, 0.6) is 5.88 Å². The largest absolute Gasteiger partial charge is 0.475 e. The van der Waals surface area contributed by atoms with Crippen molar-refractivity contribution in [1.29, 1.82) is 0 Å². The Labute approximate surface area is 155 Å². The lowest BCUT2D eigenvalue weighted by Crippen LogP contribution is -2.42. The fourth-order valence-corrected chi connectivity index (χ4v) is 4.31. The molecule has 1 atom stereocenters. The number of piperidine rings is 1. The number of aromatic nitrogens is 1. The molecule has 0 spiro atoms. The standard InChI is InChI=1S/C19H24N2O4S/c1-14-13-15(19(26(23)24)7-9-20-10-8-19)5-6-16(14)17-3-2-4-18(21-17)25-12-11-22/h2-6,13,20,22H,7-12H2,1H3,(H,23,24). The summed E-state index contributed by atoms with van der Waals surface area (Å²) in [4.78, 5) is 4.48. The van der Waals surface area contributed by atoms with Gasteiger partial charge in [0.25, 0.3) is 0 Å². The van der Waals surface area contributed by atoms with Crippen LogP contribution in [-0.4, -0.2) is 45.2 Å². The molecule has 1 aromatic carbocycles. The molecule has 1 saturated heterocycles. The molecule has 1 aromatic heterocycles. The summed E-state index contributed by atoms with van der Waals surface area (Å²) in [6.07, 6.45) is 1.27. The average Bonchev–Trinajstić information content (AvgIpc) is 2.67. The molecule has 1 aliphatic rings. The molecule has 1 unspecified atom stereocenters. The van der Waals surface area contributed by atoms with Gasteiger partial charge in [-0.3, -0.25) is 0 Å². The second kappa shape index (κ2) is 8.26. The van der Waals surface area contributed by atoms with E-state index in [1.807, 2.05) is 37.3 Å². The van der Waals surface area contributed by atoms with Gasteiger partial charge in [-0.25, -0.2) is 9.19 Å². The lowest BCUT2D eigenvalue weighted by molar-refractivity contribution is 0.197. The third-order valence-electron chi connectivity index (χ3n) is 4.84. The van der Waals surface area contributed by atoms with Gasteiger partial charge in [-0.1, -0.05) is 24.3 Å². The van der Waals surface area contributed by atoms with Crippen LogP contribution in [0.15, 0.2) is 36.4 Å². The van der Waals surface area contributed by atoms with Crippen molar-refractivity contribution < 1.29 is 18.6 Å². The van der Waals surface area contributed by atoms with E-state index in [0.717, 1.165) is 35.5 Å². The zero-order valence-electron chi connectivity index (χ0n) is 14.8. The van der Waals surface area contributed by atoms with Crippen molar-refractivity contribution in [3.63, 3.8) is 0 Å². The highest BCUT2D eigenvalue weighted by Gasteiger charge is 2.40. The molecule has 1 aliphatic heterocycles. The van der Waals surface area contributed by atoms with E-state index in [4.69, 9.17) is 9.84 Å². The zero-order chi connectivity index (χ0) is 18.6. The van der Waals surface area contributed by atoms with E-state index >= 15 is 0 Å². The quantitative estimate of drug-likeness (QED) is 0.670. The van der Waals surface area contributed by atoms with Crippen molar-refractivity contribution in [3.05, 3.63) is 47.5 Å². The summed E-state index contributed by atoms with van der Waals surface area (Å²) in [5.41, 5.74) is 3.62. The summed E-state index contributed by atoms with van der Waals surface area (Å²) in [6, 6.07) is 11.4. The first kappa shape index (κ1) is 19.0. The summed E-state index contributed by atoms with van der Waals surface area (Å²) in [5, 5.41) is 12.1. The predicted molar refractivity (Wildman–Crippen MR) is 102 cm³/mol. The number of ether oxygens (including phenoxy) is 1. The molecule has 1 fully saturated rings. The fraction of sp³-hybridized carbons (Fsp3) is 0.421. The third-order valence-corrected chi connectivity index (χ3v) is 6.15. The van der Waals surface area contributed by atoms with Gasteiger partial charge >= 0.3 is 0 Å². The Morgan fingerprint density at radius 3 is 2.69 bits per heavy atom. The Bertz CT molecular complexity index is 791. The average molecular weight is 376 g/mol.